The van der Waals surface area contributed by atoms with E-state index in [1.54, 1.807) is 0 Å². The van der Waals surface area contributed by atoms with Crippen LogP contribution in [0.5, 0.6) is 0 Å². The van der Waals surface area contributed by atoms with Gasteiger partial charge in [0.2, 0.25) is 0 Å². The SMILES string of the molecule is CCc1n[nH]c(=O)c(CNC(=O)c2ncncc2Br)c1CC. The first-order chi connectivity index (χ1) is 10.6. The number of carbonyl (C=O) groups is 1. The molecule has 2 aromatic rings. The number of amides is 1. The minimum atomic E-state index is -0.370. The summed E-state index contributed by atoms with van der Waals surface area (Å²) in [7, 11) is 0. The summed E-state index contributed by atoms with van der Waals surface area (Å²) in [5.41, 5.74) is 2.21. The van der Waals surface area contributed by atoms with Gasteiger partial charge in [0.15, 0.2) is 0 Å². The van der Waals surface area contributed by atoms with Gasteiger partial charge in [0.05, 0.1) is 10.2 Å². The van der Waals surface area contributed by atoms with E-state index in [0.717, 1.165) is 17.7 Å². The molecule has 0 aliphatic carbocycles. The average molecular weight is 366 g/mol. The Kier molecular flexibility index (Phi) is 5.37. The van der Waals surface area contributed by atoms with Crippen LogP contribution in [0, 0.1) is 0 Å². The van der Waals surface area contributed by atoms with E-state index in [4.69, 9.17) is 0 Å². The molecule has 0 atom stereocenters. The van der Waals surface area contributed by atoms with Crippen LogP contribution in [0.4, 0.5) is 0 Å². The maximum atomic E-state index is 12.1. The first-order valence-electron chi connectivity index (χ1n) is 6.91. The Labute approximate surface area is 135 Å². The monoisotopic (exact) mass is 365 g/mol. The molecule has 1 amide bonds. The number of aryl methyl sites for hydroxylation is 1. The molecule has 0 aliphatic rings. The molecule has 8 heteroatoms. The number of hydrogen-bond donors (Lipinski definition) is 2. The zero-order valence-corrected chi connectivity index (χ0v) is 13.9. The van der Waals surface area contributed by atoms with Crippen LogP contribution < -0.4 is 10.9 Å². The van der Waals surface area contributed by atoms with Crippen molar-refractivity contribution in [3.63, 3.8) is 0 Å². The molecule has 0 fully saturated rings. The van der Waals surface area contributed by atoms with Crippen molar-refractivity contribution in [3.8, 4) is 0 Å². The summed E-state index contributed by atoms with van der Waals surface area (Å²) in [6, 6.07) is 0. The van der Waals surface area contributed by atoms with Crippen LogP contribution in [0.15, 0.2) is 21.8 Å². The molecule has 0 saturated carbocycles. The third-order valence-corrected chi connectivity index (χ3v) is 3.86. The molecule has 0 unspecified atom stereocenters. The molecular weight excluding hydrogens is 350 g/mol. The molecule has 0 aliphatic heterocycles. The van der Waals surface area contributed by atoms with Gasteiger partial charge in [0.25, 0.3) is 11.5 Å². The van der Waals surface area contributed by atoms with Gasteiger partial charge in [-0.2, -0.15) is 5.10 Å². The zero-order valence-electron chi connectivity index (χ0n) is 12.3. The summed E-state index contributed by atoms with van der Waals surface area (Å²) in [4.78, 5) is 31.9. The number of aromatic nitrogens is 4. The molecule has 0 bridgehead atoms. The Morgan fingerprint density at radius 3 is 2.73 bits per heavy atom. The van der Waals surface area contributed by atoms with E-state index in [2.05, 4.69) is 41.4 Å². The summed E-state index contributed by atoms with van der Waals surface area (Å²) in [5.74, 6) is -0.370. The van der Waals surface area contributed by atoms with E-state index in [9.17, 15) is 9.59 Å². The molecule has 2 heterocycles. The van der Waals surface area contributed by atoms with Crippen LogP contribution in [-0.2, 0) is 19.4 Å². The van der Waals surface area contributed by atoms with Crippen molar-refractivity contribution >= 4 is 21.8 Å². The van der Waals surface area contributed by atoms with Crippen molar-refractivity contribution in [2.24, 2.45) is 0 Å². The van der Waals surface area contributed by atoms with Crippen molar-refractivity contribution in [2.75, 3.05) is 0 Å². The molecule has 2 N–H and O–H groups in total. The van der Waals surface area contributed by atoms with Gasteiger partial charge < -0.3 is 5.32 Å². The van der Waals surface area contributed by atoms with E-state index >= 15 is 0 Å². The Hall–Kier alpha value is -2.09. The molecule has 2 aromatic heterocycles. The van der Waals surface area contributed by atoms with E-state index in [1.165, 1.54) is 12.5 Å². The maximum Gasteiger partial charge on any atom is 0.271 e. The van der Waals surface area contributed by atoms with E-state index in [-0.39, 0.29) is 23.7 Å². The molecule has 116 valence electrons. The number of H-pyrrole nitrogens is 1. The number of halogens is 1. The second kappa shape index (κ2) is 7.26. The second-order valence-corrected chi connectivity index (χ2v) is 5.42. The van der Waals surface area contributed by atoms with Crippen molar-refractivity contribution < 1.29 is 4.79 Å². The Morgan fingerprint density at radius 1 is 1.32 bits per heavy atom. The lowest BCUT2D eigenvalue weighted by Crippen LogP contribution is -2.30. The van der Waals surface area contributed by atoms with Gasteiger partial charge in [-0.3, -0.25) is 9.59 Å². The zero-order chi connectivity index (χ0) is 16.1. The standard InChI is InChI=1S/C14H16BrN5O2/c1-3-8-9(13(21)20-19-11(8)4-2)5-17-14(22)12-10(15)6-16-7-18-12/h6-7H,3-5H2,1-2H3,(H,17,22)(H,20,21). The Balaban J connectivity index is 2.24. The van der Waals surface area contributed by atoms with Crippen molar-refractivity contribution in [3.05, 3.63) is 49.9 Å². The van der Waals surface area contributed by atoms with Crippen LogP contribution in [0.2, 0.25) is 0 Å². The summed E-state index contributed by atoms with van der Waals surface area (Å²) in [6.07, 6.45) is 4.19. The van der Waals surface area contributed by atoms with E-state index in [1.807, 2.05) is 13.8 Å². The minimum absolute atomic E-state index is 0.128. The third kappa shape index (κ3) is 3.38. The summed E-state index contributed by atoms with van der Waals surface area (Å²) >= 11 is 3.22. The molecule has 0 aromatic carbocycles. The van der Waals surface area contributed by atoms with E-state index < -0.39 is 0 Å². The first kappa shape index (κ1) is 16.3. The largest absolute Gasteiger partial charge is 0.346 e. The number of hydrogen-bond acceptors (Lipinski definition) is 5. The topological polar surface area (TPSA) is 101 Å². The van der Waals surface area contributed by atoms with Crippen molar-refractivity contribution in [1.29, 1.82) is 0 Å². The molecule has 22 heavy (non-hydrogen) atoms. The highest BCUT2D eigenvalue weighted by atomic mass is 79.9. The lowest BCUT2D eigenvalue weighted by molar-refractivity contribution is 0.0944. The third-order valence-electron chi connectivity index (χ3n) is 3.28. The highest BCUT2D eigenvalue weighted by Crippen LogP contribution is 2.13. The summed E-state index contributed by atoms with van der Waals surface area (Å²) in [6.45, 7) is 4.06. The van der Waals surface area contributed by atoms with Crippen LogP contribution in [0.1, 0.15) is 41.2 Å². The van der Waals surface area contributed by atoms with Gasteiger partial charge in [-0.05, 0) is 34.3 Å². The van der Waals surface area contributed by atoms with Gasteiger partial charge in [-0.15, -0.1) is 0 Å². The van der Waals surface area contributed by atoms with E-state index in [0.29, 0.717) is 16.5 Å². The normalized spacial score (nSPS) is 10.5. The van der Waals surface area contributed by atoms with Crippen LogP contribution in [0.3, 0.4) is 0 Å². The summed E-state index contributed by atoms with van der Waals surface area (Å²) in [5, 5.41) is 9.24. The van der Waals surface area contributed by atoms with Crippen molar-refractivity contribution in [1.82, 2.24) is 25.5 Å². The fourth-order valence-electron chi connectivity index (χ4n) is 2.19. The highest BCUT2D eigenvalue weighted by Gasteiger charge is 2.15. The molecule has 0 radical (unpaired) electrons. The molecular formula is C14H16BrN5O2. The van der Waals surface area contributed by atoms with Gasteiger partial charge in [-0.1, -0.05) is 13.8 Å². The smallest absolute Gasteiger partial charge is 0.271 e. The highest BCUT2D eigenvalue weighted by molar-refractivity contribution is 9.10. The number of nitrogens with one attached hydrogen (secondary N) is 2. The van der Waals surface area contributed by atoms with Gasteiger partial charge in [0, 0.05) is 18.3 Å². The number of nitrogens with zero attached hydrogens (tertiary/aromatic N) is 3. The number of aromatic amines is 1. The van der Waals surface area contributed by atoms with Crippen LogP contribution >= 0.6 is 15.9 Å². The molecule has 2 rings (SSSR count). The fraction of sp³-hybridized carbons (Fsp3) is 0.357. The summed E-state index contributed by atoms with van der Waals surface area (Å²) < 4.78 is 0.501. The van der Waals surface area contributed by atoms with Crippen LogP contribution in [0.25, 0.3) is 0 Å². The second-order valence-electron chi connectivity index (χ2n) is 4.57. The molecule has 0 spiro atoms. The quantitative estimate of drug-likeness (QED) is 0.833. The van der Waals surface area contributed by atoms with Gasteiger partial charge in [-0.25, -0.2) is 15.1 Å². The average Bonchev–Trinajstić information content (AvgIpc) is 2.53. The number of carbonyl (C=O) groups excluding carboxylic acids is 1. The minimum Gasteiger partial charge on any atom is -0.346 e. The van der Waals surface area contributed by atoms with Crippen LogP contribution in [-0.4, -0.2) is 26.1 Å². The lowest BCUT2D eigenvalue weighted by atomic mass is 10.0. The van der Waals surface area contributed by atoms with Gasteiger partial charge in [0.1, 0.15) is 12.0 Å². The van der Waals surface area contributed by atoms with Gasteiger partial charge >= 0.3 is 0 Å². The lowest BCUT2D eigenvalue weighted by Gasteiger charge is -2.11. The first-order valence-corrected chi connectivity index (χ1v) is 7.70. The predicted octanol–water partition coefficient (Wildman–Crippen LogP) is 1.38. The Bertz CT molecular complexity index is 744. The molecule has 7 nitrogen and oxygen atoms in total. The molecule has 0 saturated heterocycles. The van der Waals surface area contributed by atoms with Crippen molar-refractivity contribution in [2.45, 2.75) is 33.2 Å². The maximum absolute atomic E-state index is 12.1. The number of rotatable bonds is 5. The fourth-order valence-corrected chi connectivity index (χ4v) is 2.59. The predicted molar refractivity (Wildman–Crippen MR) is 84.5 cm³/mol. The Morgan fingerprint density at radius 2 is 2.09 bits per heavy atom.